The molecule has 1 fully saturated rings. The SMILES string of the molecule is NC(=O)c1ccc([C@H]2Oc3ccc(C(N)=O)cc3[C@H]3CCC[C@H]32)cc1. The van der Waals surface area contributed by atoms with E-state index in [0.717, 1.165) is 36.1 Å². The van der Waals surface area contributed by atoms with Crippen molar-refractivity contribution in [3.8, 4) is 5.75 Å². The van der Waals surface area contributed by atoms with Gasteiger partial charge in [-0.05, 0) is 60.2 Å². The average molecular weight is 336 g/mol. The molecule has 3 atom stereocenters. The lowest BCUT2D eigenvalue weighted by molar-refractivity contribution is 0.0983. The Balaban J connectivity index is 1.72. The molecule has 4 rings (SSSR count). The first-order valence-electron chi connectivity index (χ1n) is 8.55. The van der Waals surface area contributed by atoms with Crippen molar-refractivity contribution in [2.75, 3.05) is 0 Å². The van der Waals surface area contributed by atoms with Crippen molar-refractivity contribution < 1.29 is 14.3 Å². The van der Waals surface area contributed by atoms with Gasteiger partial charge in [0.05, 0.1) is 0 Å². The molecule has 0 unspecified atom stereocenters. The highest BCUT2D eigenvalue weighted by molar-refractivity contribution is 5.93. The van der Waals surface area contributed by atoms with Crippen LogP contribution < -0.4 is 16.2 Å². The Morgan fingerprint density at radius 1 is 0.920 bits per heavy atom. The van der Waals surface area contributed by atoms with E-state index in [1.165, 1.54) is 0 Å². The van der Waals surface area contributed by atoms with Crippen LogP contribution >= 0.6 is 0 Å². The van der Waals surface area contributed by atoms with Gasteiger partial charge in [0.15, 0.2) is 0 Å². The molecule has 4 N–H and O–H groups in total. The van der Waals surface area contributed by atoms with E-state index in [4.69, 9.17) is 16.2 Å². The lowest BCUT2D eigenvalue weighted by Crippen LogP contribution is -2.27. The molecule has 0 saturated heterocycles. The Morgan fingerprint density at radius 2 is 1.60 bits per heavy atom. The number of hydrogen-bond acceptors (Lipinski definition) is 3. The van der Waals surface area contributed by atoms with Crippen molar-refractivity contribution in [3.05, 3.63) is 64.7 Å². The number of amides is 2. The van der Waals surface area contributed by atoms with E-state index in [0.29, 0.717) is 23.0 Å². The molecular formula is C20H20N2O3. The lowest BCUT2D eigenvalue weighted by Gasteiger charge is -2.36. The predicted octanol–water partition coefficient (Wildman–Crippen LogP) is 2.90. The fraction of sp³-hybridized carbons (Fsp3) is 0.300. The zero-order valence-corrected chi connectivity index (χ0v) is 13.8. The molecule has 5 heteroatoms. The minimum absolute atomic E-state index is 0.0543. The van der Waals surface area contributed by atoms with Crippen LogP contribution in [0.4, 0.5) is 0 Å². The summed E-state index contributed by atoms with van der Waals surface area (Å²) >= 11 is 0. The van der Waals surface area contributed by atoms with Gasteiger partial charge >= 0.3 is 0 Å². The summed E-state index contributed by atoms with van der Waals surface area (Å²) in [6, 6.07) is 12.8. The monoisotopic (exact) mass is 336 g/mol. The molecule has 2 aliphatic rings. The van der Waals surface area contributed by atoms with Crippen LogP contribution in [0.3, 0.4) is 0 Å². The van der Waals surface area contributed by atoms with E-state index in [1.807, 2.05) is 24.3 Å². The van der Waals surface area contributed by atoms with Crippen LogP contribution in [0.25, 0.3) is 0 Å². The third-order valence-corrected chi connectivity index (χ3v) is 5.43. The molecule has 2 aromatic rings. The number of fused-ring (bicyclic) bond motifs is 3. The third-order valence-electron chi connectivity index (χ3n) is 5.43. The van der Waals surface area contributed by atoms with Gasteiger partial charge in [-0.1, -0.05) is 18.6 Å². The molecule has 1 aliphatic heterocycles. The van der Waals surface area contributed by atoms with Crippen molar-refractivity contribution in [1.29, 1.82) is 0 Å². The molecule has 128 valence electrons. The highest BCUT2D eigenvalue weighted by Gasteiger charge is 2.42. The molecule has 0 radical (unpaired) electrons. The molecule has 0 aromatic heterocycles. The van der Waals surface area contributed by atoms with Crippen LogP contribution in [-0.2, 0) is 0 Å². The maximum atomic E-state index is 11.5. The van der Waals surface area contributed by atoms with Gasteiger partial charge in [0.1, 0.15) is 11.9 Å². The van der Waals surface area contributed by atoms with Gasteiger partial charge in [0.2, 0.25) is 11.8 Å². The van der Waals surface area contributed by atoms with E-state index in [9.17, 15) is 9.59 Å². The average Bonchev–Trinajstić information content (AvgIpc) is 3.10. The van der Waals surface area contributed by atoms with E-state index >= 15 is 0 Å². The summed E-state index contributed by atoms with van der Waals surface area (Å²) in [4.78, 5) is 22.8. The van der Waals surface area contributed by atoms with Gasteiger partial charge in [-0.15, -0.1) is 0 Å². The molecule has 2 amide bonds. The van der Waals surface area contributed by atoms with Crippen molar-refractivity contribution >= 4 is 11.8 Å². The van der Waals surface area contributed by atoms with Gasteiger partial charge in [-0.25, -0.2) is 0 Å². The fourth-order valence-corrected chi connectivity index (χ4v) is 4.21. The number of benzene rings is 2. The van der Waals surface area contributed by atoms with E-state index in [2.05, 4.69) is 0 Å². The molecule has 0 bridgehead atoms. The standard InChI is InChI=1S/C20H20N2O3/c21-19(23)12-6-4-11(5-7-12)18-15-3-1-2-14(15)16-10-13(20(22)24)8-9-17(16)25-18/h4-10,14-15,18H,1-3H2,(H2,21,23)(H2,22,24)/t14-,15+,18+/m0/s1. The Kier molecular flexibility index (Phi) is 3.71. The molecule has 2 aromatic carbocycles. The second-order valence-electron chi connectivity index (χ2n) is 6.84. The first-order valence-corrected chi connectivity index (χ1v) is 8.55. The number of rotatable bonds is 3. The molecule has 1 heterocycles. The summed E-state index contributed by atoms with van der Waals surface area (Å²) in [5.74, 6) is 0.691. The molecule has 1 aliphatic carbocycles. The Hall–Kier alpha value is -2.82. The van der Waals surface area contributed by atoms with Gasteiger partial charge in [0, 0.05) is 17.0 Å². The number of ether oxygens (including phenoxy) is 1. The lowest BCUT2D eigenvalue weighted by atomic mass is 9.79. The molecule has 1 saturated carbocycles. The highest BCUT2D eigenvalue weighted by atomic mass is 16.5. The zero-order chi connectivity index (χ0) is 17.6. The number of primary amides is 2. The van der Waals surface area contributed by atoms with Gasteiger partial charge in [0.25, 0.3) is 0 Å². The molecule has 5 nitrogen and oxygen atoms in total. The van der Waals surface area contributed by atoms with Crippen molar-refractivity contribution in [2.24, 2.45) is 17.4 Å². The Morgan fingerprint density at radius 3 is 2.28 bits per heavy atom. The number of carbonyl (C=O) groups excluding carboxylic acids is 2. The van der Waals surface area contributed by atoms with Crippen molar-refractivity contribution in [2.45, 2.75) is 31.3 Å². The number of carbonyl (C=O) groups is 2. The largest absolute Gasteiger partial charge is 0.485 e. The van der Waals surface area contributed by atoms with Crippen molar-refractivity contribution in [1.82, 2.24) is 0 Å². The summed E-state index contributed by atoms with van der Waals surface area (Å²) in [6.07, 6.45) is 3.24. The van der Waals surface area contributed by atoms with Gasteiger partial charge < -0.3 is 16.2 Å². The summed E-state index contributed by atoms with van der Waals surface area (Å²) in [7, 11) is 0. The second kappa shape index (κ2) is 5.92. The summed E-state index contributed by atoms with van der Waals surface area (Å²) < 4.78 is 6.30. The van der Waals surface area contributed by atoms with Crippen LogP contribution in [0.1, 0.15) is 63.1 Å². The van der Waals surface area contributed by atoms with Crippen LogP contribution in [0.2, 0.25) is 0 Å². The Labute approximate surface area is 146 Å². The number of nitrogens with two attached hydrogens (primary N) is 2. The topological polar surface area (TPSA) is 95.4 Å². The highest BCUT2D eigenvalue weighted by Crippen LogP contribution is 2.53. The molecular weight excluding hydrogens is 316 g/mol. The molecule has 25 heavy (non-hydrogen) atoms. The quantitative estimate of drug-likeness (QED) is 0.902. The van der Waals surface area contributed by atoms with Crippen LogP contribution in [0, 0.1) is 5.92 Å². The minimum atomic E-state index is -0.431. The second-order valence-corrected chi connectivity index (χ2v) is 6.84. The van der Waals surface area contributed by atoms with Crippen LogP contribution in [-0.4, -0.2) is 11.8 Å². The van der Waals surface area contributed by atoms with Crippen molar-refractivity contribution in [3.63, 3.8) is 0 Å². The number of hydrogen-bond donors (Lipinski definition) is 2. The maximum absolute atomic E-state index is 11.5. The van der Waals surface area contributed by atoms with E-state index in [-0.39, 0.29) is 6.10 Å². The van der Waals surface area contributed by atoms with Crippen LogP contribution in [0.15, 0.2) is 42.5 Å². The smallest absolute Gasteiger partial charge is 0.248 e. The first kappa shape index (κ1) is 15.7. The first-order chi connectivity index (χ1) is 12.0. The summed E-state index contributed by atoms with van der Waals surface area (Å²) in [6.45, 7) is 0. The van der Waals surface area contributed by atoms with E-state index < -0.39 is 11.8 Å². The van der Waals surface area contributed by atoms with Gasteiger partial charge in [-0.3, -0.25) is 9.59 Å². The normalized spacial score (nSPS) is 24.1. The van der Waals surface area contributed by atoms with Crippen LogP contribution in [0.5, 0.6) is 5.75 Å². The predicted molar refractivity (Wildman–Crippen MR) is 93.4 cm³/mol. The maximum Gasteiger partial charge on any atom is 0.248 e. The third kappa shape index (κ3) is 2.65. The Bertz CT molecular complexity index is 845. The summed E-state index contributed by atoms with van der Waals surface area (Å²) in [5.41, 5.74) is 13.9. The van der Waals surface area contributed by atoms with Gasteiger partial charge in [-0.2, -0.15) is 0 Å². The zero-order valence-electron chi connectivity index (χ0n) is 13.8. The molecule has 0 spiro atoms. The summed E-state index contributed by atoms with van der Waals surface area (Å²) in [5, 5.41) is 0. The minimum Gasteiger partial charge on any atom is -0.485 e. The van der Waals surface area contributed by atoms with E-state index in [1.54, 1.807) is 18.2 Å². The fourth-order valence-electron chi connectivity index (χ4n) is 4.21.